The van der Waals surface area contributed by atoms with Gasteiger partial charge in [0.15, 0.2) is 5.78 Å². The van der Waals surface area contributed by atoms with Crippen LogP contribution in [-0.2, 0) is 25.5 Å². The summed E-state index contributed by atoms with van der Waals surface area (Å²) in [7, 11) is 1.30. The molecule has 3 aromatic heterocycles. The van der Waals surface area contributed by atoms with Crippen LogP contribution < -0.4 is 26.0 Å². The Hall–Kier alpha value is -4.28. The molecular formula is C47H58MgN4O5. The maximum Gasteiger partial charge on any atom is 2.00 e. The van der Waals surface area contributed by atoms with E-state index in [1.54, 1.807) is 0 Å². The third-order valence-corrected chi connectivity index (χ3v) is 12.3. The fraction of sp³-hybridized carbons (Fsp3) is 0.468. The zero-order valence-corrected chi connectivity index (χ0v) is 36.8. The number of allylic oxidation sites excluding steroid dienone is 3. The van der Waals surface area contributed by atoms with Crippen LogP contribution in [0.15, 0.2) is 29.6 Å². The molecule has 3 aliphatic rings. The quantitative estimate of drug-likeness (QED) is 0.0767. The van der Waals surface area contributed by atoms with Gasteiger partial charge >= 0.3 is 35.0 Å². The number of nitrogens with one attached hydrogen (secondary N) is 2. The summed E-state index contributed by atoms with van der Waals surface area (Å²) < 4.78 is 11.0. The van der Waals surface area contributed by atoms with Gasteiger partial charge in [-0.3, -0.25) is 14.4 Å². The molecule has 0 saturated carbocycles. The van der Waals surface area contributed by atoms with Crippen molar-refractivity contribution in [1.82, 2.24) is 20.3 Å². The van der Waals surface area contributed by atoms with E-state index in [1.807, 2.05) is 38.2 Å². The van der Waals surface area contributed by atoms with Gasteiger partial charge in [-0.05, 0) is 87.6 Å². The second-order valence-electron chi connectivity index (χ2n) is 16.0. The molecule has 0 unspecified atom stereocenters. The molecule has 5 heterocycles. The first kappa shape index (κ1) is 43.8. The molecule has 1 aliphatic carbocycles. The zero-order chi connectivity index (χ0) is 40.4. The van der Waals surface area contributed by atoms with Gasteiger partial charge in [-0.15, -0.1) is 22.8 Å². The van der Waals surface area contributed by atoms with Crippen LogP contribution in [0.3, 0.4) is 0 Å². The molecule has 0 spiro atoms. The number of ketones is 1. The number of carbonyl (C=O) groups excluding carboxylic acids is 3. The van der Waals surface area contributed by atoms with Crippen molar-refractivity contribution < 1.29 is 23.9 Å². The Morgan fingerprint density at radius 3 is 2.39 bits per heavy atom. The molecule has 0 radical (unpaired) electrons. The number of carbonyl (C=O) groups is 3. The molecule has 4 atom stereocenters. The van der Waals surface area contributed by atoms with Crippen LogP contribution in [0.1, 0.15) is 141 Å². The first-order chi connectivity index (χ1) is 26.8. The van der Waals surface area contributed by atoms with Crippen molar-refractivity contribution in [3.63, 3.8) is 0 Å². The Morgan fingerprint density at radius 2 is 1.70 bits per heavy atom. The molecule has 57 heavy (non-hydrogen) atoms. The van der Waals surface area contributed by atoms with Crippen LogP contribution in [0.25, 0.3) is 29.9 Å². The number of Topliss-reactive ketones (excluding diaryl/α,β-unsaturated/α-hetero) is 1. The van der Waals surface area contributed by atoms with E-state index in [0.717, 1.165) is 75.2 Å². The predicted octanol–water partition coefficient (Wildman–Crippen LogP) is 7.12. The summed E-state index contributed by atoms with van der Waals surface area (Å²) in [5, 5.41) is 5.51. The summed E-state index contributed by atoms with van der Waals surface area (Å²) in [6.07, 6.45) is 17.2. The summed E-state index contributed by atoms with van der Waals surface area (Å²) in [5.41, 5.74) is 11.4. The molecule has 9 nitrogen and oxygen atoms in total. The summed E-state index contributed by atoms with van der Waals surface area (Å²) in [6, 6.07) is 0. The average molecular weight is 783 g/mol. The number of H-pyrrole nitrogens is 1. The monoisotopic (exact) mass is 782 g/mol. The number of aromatic amines is 1. The third-order valence-electron chi connectivity index (χ3n) is 12.3. The van der Waals surface area contributed by atoms with Crippen molar-refractivity contribution in [3.8, 4) is 0 Å². The second-order valence-corrected chi connectivity index (χ2v) is 16.0. The summed E-state index contributed by atoms with van der Waals surface area (Å²) in [6.45, 7) is 21.3. The number of rotatable bonds is 14. The van der Waals surface area contributed by atoms with Crippen LogP contribution in [0.5, 0.6) is 0 Å². The van der Waals surface area contributed by atoms with Crippen LogP contribution in [0, 0.1) is 44.4 Å². The van der Waals surface area contributed by atoms with E-state index in [9.17, 15) is 14.4 Å². The first-order valence-electron chi connectivity index (χ1n) is 20.4. The van der Waals surface area contributed by atoms with Gasteiger partial charge < -0.3 is 29.7 Å². The minimum absolute atomic E-state index is 0. The van der Waals surface area contributed by atoms with Crippen molar-refractivity contribution >= 4 is 70.7 Å². The number of fused-ring (bicyclic) bond motifs is 7. The molecule has 2 aliphatic heterocycles. The molecule has 1 saturated heterocycles. The normalized spacial score (nSPS) is 22.3. The molecule has 3 aromatic rings. The average Bonchev–Trinajstić information content (AvgIpc) is 3.91. The van der Waals surface area contributed by atoms with Gasteiger partial charge in [-0.2, -0.15) is 0 Å². The predicted molar refractivity (Wildman–Crippen MR) is 229 cm³/mol. The number of methoxy groups -OCH3 is 1. The molecule has 298 valence electrons. The van der Waals surface area contributed by atoms with E-state index in [0.29, 0.717) is 40.2 Å². The number of hydrogen-bond acceptors (Lipinski definition) is 6. The fourth-order valence-electron chi connectivity index (χ4n) is 8.92. The van der Waals surface area contributed by atoms with Crippen molar-refractivity contribution in [3.05, 3.63) is 96.5 Å². The zero-order valence-electron chi connectivity index (χ0n) is 35.4. The Balaban J connectivity index is 0.00000620. The molecule has 1 fully saturated rings. The maximum absolute atomic E-state index is 14.3. The van der Waals surface area contributed by atoms with Crippen molar-refractivity contribution in [2.75, 3.05) is 13.7 Å². The Bertz CT molecular complexity index is 2280. The van der Waals surface area contributed by atoms with E-state index in [-0.39, 0.29) is 59.7 Å². The number of aromatic nitrogens is 3. The SMILES string of the molecule is C=Cc1c2[n-]c(c1C)/C=C1\N/C(=C3\c4[n-]c(c(C)c4C(=O)[C@@H]3C(=O)OC)/C=c3\[nH]/c(c(C)c3CC)=C\2)[C@@H](CCC(=O)OC/C=C(\C)CCC[C@H](C)CCC)[C@@H]1C.[Mg+2]. The summed E-state index contributed by atoms with van der Waals surface area (Å²) in [4.78, 5) is 54.9. The van der Waals surface area contributed by atoms with Crippen LogP contribution >= 0.6 is 0 Å². The molecule has 8 bridgehead atoms. The van der Waals surface area contributed by atoms with E-state index in [2.05, 4.69) is 64.5 Å². The molecule has 0 aromatic carbocycles. The molecule has 10 heteroatoms. The van der Waals surface area contributed by atoms with Gasteiger partial charge in [-0.25, -0.2) is 0 Å². The van der Waals surface area contributed by atoms with Crippen molar-refractivity contribution in [2.45, 2.75) is 107 Å². The molecule has 6 rings (SSSR count). The Labute approximate surface area is 353 Å². The standard InChI is InChI=1S/C47H59N4O5.Mg/c1-11-15-25(4)16-14-17-26(5)20-21-56-40(52)19-18-33-29(8)36-22-34-27(6)31(12-2)38(48-34)23-35-28(7)32(13-3)39(49-35)24-37-30(9)41-45(51-37)42(44(33)50-36)43(46(41)53)47(54)55-10;/h12,20,22-25,29,33,43,49H,2,11,13-19,21H2,1,3-10H3,(H2,50,51,53);/q-1;+2/p-1/b26-20+,35-23-,36-22-,39-24-;/t25-,29+,33+,43-;/m1./s1. The smallest absolute Gasteiger partial charge is 0.657 e. The number of esters is 2. The number of nitrogens with zero attached hydrogens (tertiary/aromatic N) is 2. The van der Waals surface area contributed by atoms with E-state index in [1.165, 1.54) is 31.9 Å². The summed E-state index contributed by atoms with van der Waals surface area (Å²) in [5.74, 6) is -2.07. The van der Waals surface area contributed by atoms with E-state index in [4.69, 9.17) is 19.4 Å². The van der Waals surface area contributed by atoms with Gasteiger partial charge in [0.1, 0.15) is 12.5 Å². The Morgan fingerprint density at radius 1 is 0.982 bits per heavy atom. The van der Waals surface area contributed by atoms with Gasteiger partial charge in [0.05, 0.1) is 7.11 Å². The fourth-order valence-corrected chi connectivity index (χ4v) is 8.92. The Kier molecular flexibility index (Phi) is 14.3. The molecule has 0 amide bonds. The minimum Gasteiger partial charge on any atom is -0.657 e. The first-order valence-corrected chi connectivity index (χ1v) is 20.4. The number of hydrogen-bond donors (Lipinski definition) is 2. The third kappa shape index (κ3) is 8.63. The second kappa shape index (κ2) is 18.5. The van der Waals surface area contributed by atoms with Crippen molar-refractivity contribution in [2.24, 2.45) is 23.7 Å². The minimum atomic E-state index is -1.18. The van der Waals surface area contributed by atoms with Crippen molar-refractivity contribution in [1.29, 1.82) is 0 Å². The topological polar surface area (TPSA) is 126 Å². The van der Waals surface area contributed by atoms with Crippen LogP contribution in [0.4, 0.5) is 0 Å². The summed E-state index contributed by atoms with van der Waals surface area (Å²) >= 11 is 0. The maximum atomic E-state index is 14.3. The largest absolute Gasteiger partial charge is 2.00 e. The van der Waals surface area contributed by atoms with E-state index < -0.39 is 11.9 Å². The molecular weight excluding hydrogens is 725 g/mol. The van der Waals surface area contributed by atoms with Gasteiger partial charge in [0, 0.05) is 45.9 Å². The van der Waals surface area contributed by atoms with Crippen LogP contribution in [-0.4, -0.2) is 59.5 Å². The molecule has 2 N–H and O–H groups in total. The van der Waals surface area contributed by atoms with Gasteiger partial charge in [0.2, 0.25) is 0 Å². The van der Waals surface area contributed by atoms with E-state index >= 15 is 0 Å². The van der Waals surface area contributed by atoms with Gasteiger partial charge in [0.25, 0.3) is 0 Å². The van der Waals surface area contributed by atoms with Gasteiger partial charge in [-0.1, -0.05) is 94.5 Å². The number of ether oxygens (including phenoxy) is 2. The van der Waals surface area contributed by atoms with Crippen LogP contribution in [0.2, 0.25) is 0 Å².